The van der Waals surface area contributed by atoms with Crippen molar-refractivity contribution >= 4 is 5.95 Å². The minimum atomic E-state index is -0.604. The van der Waals surface area contributed by atoms with Crippen molar-refractivity contribution in [2.75, 3.05) is 12.3 Å². The van der Waals surface area contributed by atoms with Gasteiger partial charge in [0, 0.05) is 24.3 Å². The molecule has 0 aliphatic heterocycles. The molecule has 1 aliphatic rings. The Bertz CT molecular complexity index is 446. The summed E-state index contributed by atoms with van der Waals surface area (Å²) in [5, 5.41) is 19.0. The lowest BCUT2D eigenvalue weighted by atomic mass is 9.77. The van der Waals surface area contributed by atoms with Crippen LogP contribution in [0.25, 0.3) is 0 Å². The highest BCUT2D eigenvalue weighted by Gasteiger charge is 2.31. The first-order valence-corrected chi connectivity index (χ1v) is 5.75. The molecule has 1 saturated carbocycles. The molecule has 17 heavy (non-hydrogen) atoms. The van der Waals surface area contributed by atoms with Crippen LogP contribution in [-0.4, -0.2) is 32.9 Å². The van der Waals surface area contributed by atoms with Crippen LogP contribution < -0.4 is 11.3 Å². The first-order chi connectivity index (χ1) is 8.11. The van der Waals surface area contributed by atoms with Gasteiger partial charge in [-0.15, -0.1) is 0 Å². The lowest BCUT2D eigenvalue weighted by Gasteiger charge is -2.31. The number of H-pyrrole nitrogens is 1. The van der Waals surface area contributed by atoms with Gasteiger partial charge in [0.1, 0.15) is 0 Å². The highest BCUT2D eigenvalue weighted by atomic mass is 16.3. The fourth-order valence-electron chi connectivity index (χ4n) is 2.44. The second-order valence-electron chi connectivity index (χ2n) is 4.59. The maximum atomic E-state index is 11.7. The smallest absolute Gasteiger partial charge is 0.255 e. The van der Waals surface area contributed by atoms with E-state index >= 15 is 0 Å². The standard InChI is InChI=1S/C11H17N3O3/c12-11-13-4-8(10(17)14-11)7-2-1-6(5-15)3-9(7)16/h4,6-7,9,15-16H,1-3,5H2,(H3,12,13,14,17)/t6-,7-,9+/m1/s1. The molecule has 0 unspecified atom stereocenters. The summed E-state index contributed by atoms with van der Waals surface area (Å²) in [6.45, 7) is 0.0835. The maximum Gasteiger partial charge on any atom is 0.255 e. The molecule has 3 atom stereocenters. The minimum Gasteiger partial charge on any atom is -0.396 e. The second-order valence-corrected chi connectivity index (χ2v) is 4.59. The second kappa shape index (κ2) is 4.85. The quantitative estimate of drug-likeness (QED) is 0.560. The average Bonchev–Trinajstić information content (AvgIpc) is 2.30. The molecule has 0 spiro atoms. The fourth-order valence-corrected chi connectivity index (χ4v) is 2.44. The molecule has 1 fully saturated rings. The zero-order chi connectivity index (χ0) is 12.4. The average molecular weight is 239 g/mol. The van der Waals surface area contributed by atoms with Crippen molar-refractivity contribution in [1.29, 1.82) is 0 Å². The zero-order valence-electron chi connectivity index (χ0n) is 9.47. The van der Waals surface area contributed by atoms with E-state index in [2.05, 4.69) is 9.97 Å². The van der Waals surface area contributed by atoms with Gasteiger partial charge in [-0.25, -0.2) is 4.98 Å². The summed E-state index contributed by atoms with van der Waals surface area (Å²) >= 11 is 0. The lowest BCUT2D eigenvalue weighted by molar-refractivity contribution is 0.0566. The SMILES string of the molecule is Nc1ncc([C@H]2CC[C@@H](CO)C[C@@H]2O)c(=O)[nH]1. The Hall–Kier alpha value is -1.40. The molecule has 94 valence electrons. The van der Waals surface area contributed by atoms with E-state index < -0.39 is 6.10 Å². The van der Waals surface area contributed by atoms with E-state index in [-0.39, 0.29) is 30.0 Å². The molecule has 1 aromatic heterocycles. The van der Waals surface area contributed by atoms with Gasteiger partial charge in [-0.3, -0.25) is 9.78 Å². The molecule has 1 aliphatic carbocycles. The number of hydrogen-bond donors (Lipinski definition) is 4. The number of hydrogen-bond acceptors (Lipinski definition) is 5. The molecule has 0 radical (unpaired) electrons. The van der Waals surface area contributed by atoms with Crippen LogP contribution in [0.3, 0.4) is 0 Å². The van der Waals surface area contributed by atoms with E-state index in [0.717, 1.165) is 6.42 Å². The Morgan fingerprint density at radius 3 is 2.88 bits per heavy atom. The van der Waals surface area contributed by atoms with Crippen molar-refractivity contribution < 1.29 is 10.2 Å². The number of aromatic nitrogens is 2. The van der Waals surface area contributed by atoms with Crippen LogP contribution in [0.1, 0.15) is 30.7 Å². The van der Waals surface area contributed by atoms with Gasteiger partial charge in [0.15, 0.2) is 5.95 Å². The highest BCUT2D eigenvalue weighted by Crippen LogP contribution is 2.34. The Morgan fingerprint density at radius 1 is 1.53 bits per heavy atom. The molecule has 5 N–H and O–H groups in total. The monoisotopic (exact) mass is 239 g/mol. The number of nitrogens with two attached hydrogens (primary N) is 1. The van der Waals surface area contributed by atoms with Gasteiger partial charge in [-0.1, -0.05) is 0 Å². The predicted octanol–water partition coefficient (Wildman–Crippen LogP) is -0.411. The van der Waals surface area contributed by atoms with E-state index in [9.17, 15) is 9.90 Å². The molecule has 0 saturated heterocycles. The molecule has 1 aromatic rings. The number of nitrogens with zero attached hydrogens (tertiary/aromatic N) is 1. The Kier molecular flexibility index (Phi) is 3.44. The number of anilines is 1. The zero-order valence-corrected chi connectivity index (χ0v) is 9.47. The fraction of sp³-hybridized carbons (Fsp3) is 0.636. The number of aliphatic hydroxyl groups is 2. The third-order valence-electron chi connectivity index (χ3n) is 3.43. The van der Waals surface area contributed by atoms with Crippen LogP contribution in [0.2, 0.25) is 0 Å². The normalized spacial score (nSPS) is 29.2. The van der Waals surface area contributed by atoms with Gasteiger partial charge in [0.2, 0.25) is 0 Å². The minimum absolute atomic E-state index is 0.0808. The Morgan fingerprint density at radius 2 is 2.29 bits per heavy atom. The summed E-state index contributed by atoms with van der Waals surface area (Å²) in [4.78, 5) is 18.0. The molecular weight excluding hydrogens is 222 g/mol. The van der Waals surface area contributed by atoms with E-state index in [1.807, 2.05) is 0 Å². The molecular formula is C11H17N3O3. The first kappa shape index (κ1) is 12.1. The highest BCUT2D eigenvalue weighted by molar-refractivity contribution is 5.21. The number of aromatic amines is 1. The number of nitrogens with one attached hydrogen (secondary N) is 1. The van der Waals surface area contributed by atoms with Gasteiger partial charge in [-0.05, 0) is 25.2 Å². The number of aliphatic hydroxyl groups excluding tert-OH is 2. The molecule has 0 amide bonds. The summed E-state index contributed by atoms with van der Waals surface area (Å²) in [7, 11) is 0. The third kappa shape index (κ3) is 2.48. The van der Waals surface area contributed by atoms with Crippen molar-refractivity contribution in [3.05, 3.63) is 22.1 Å². The summed E-state index contributed by atoms with van der Waals surface area (Å²) in [6, 6.07) is 0. The van der Waals surface area contributed by atoms with Crippen LogP contribution in [-0.2, 0) is 0 Å². The van der Waals surface area contributed by atoms with Gasteiger partial charge < -0.3 is 15.9 Å². The molecule has 6 nitrogen and oxygen atoms in total. The van der Waals surface area contributed by atoms with E-state index in [0.29, 0.717) is 18.4 Å². The third-order valence-corrected chi connectivity index (χ3v) is 3.43. The van der Waals surface area contributed by atoms with Crippen molar-refractivity contribution in [3.63, 3.8) is 0 Å². The molecule has 6 heteroatoms. The summed E-state index contributed by atoms with van der Waals surface area (Å²) in [5.41, 5.74) is 5.56. The Labute approximate surface area is 98.5 Å². The van der Waals surface area contributed by atoms with Gasteiger partial charge >= 0.3 is 0 Å². The first-order valence-electron chi connectivity index (χ1n) is 5.75. The molecule has 0 aromatic carbocycles. The van der Waals surface area contributed by atoms with Gasteiger partial charge in [0.25, 0.3) is 5.56 Å². The van der Waals surface area contributed by atoms with Crippen LogP contribution in [0.5, 0.6) is 0 Å². The van der Waals surface area contributed by atoms with E-state index in [1.54, 1.807) is 0 Å². The topological polar surface area (TPSA) is 112 Å². The molecule has 1 heterocycles. The summed E-state index contributed by atoms with van der Waals surface area (Å²) < 4.78 is 0. The predicted molar refractivity (Wildman–Crippen MR) is 62.4 cm³/mol. The number of nitrogen functional groups attached to an aromatic ring is 1. The van der Waals surface area contributed by atoms with Gasteiger partial charge in [-0.2, -0.15) is 0 Å². The van der Waals surface area contributed by atoms with Gasteiger partial charge in [0.05, 0.1) is 6.10 Å². The Balaban J connectivity index is 2.20. The maximum absolute atomic E-state index is 11.7. The van der Waals surface area contributed by atoms with Crippen LogP contribution in [0.4, 0.5) is 5.95 Å². The van der Waals surface area contributed by atoms with Crippen LogP contribution in [0.15, 0.2) is 11.0 Å². The van der Waals surface area contributed by atoms with Crippen molar-refractivity contribution in [2.24, 2.45) is 5.92 Å². The summed E-state index contributed by atoms with van der Waals surface area (Å²) in [5.74, 6) is -0.00555. The largest absolute Gasteiger partial charge is 0.396 e. The lowest BCUT2D eigenvalue weighted by Crippen LogP contribution is -2.33. The summed E-state index contributed by atoms with van der Waals surface area (Å²) in [6.07, 6.45) is 2.84. The van der Waals surface area contributed by atoms with E-state index in [4.69, 9.17) is 10.8 Å². The van der Waals surface area contributed by atoms with Crippen molar-refractivity contribution in [3.8, 4) is 0 Å². The van der Waals surface area contributed by atoms with Crippen LogP contribution >= 0.6 is 0 Å². The van der Waals surface area contributed by atoms with Crippen LogP contribution in [0, 0.1) is 5.92 Å². The van der Waals surface area contributed by atoms with E-state index in [1.165, 1.54) is 6.20 Å². The molecule has 2 rings (SSSR count). The van der Waals surface area contributed by atoms with Crippen molar-refractivity contribution in [2.45, 2.75) is 31.3 Å². The number of rotatable bonds is 2. The van der Waals surface area contributed by atoms with Crippen molar-refractivity contribution in [1.82, 2.24) is 9.97 Å². The molecule has 0 bridgehead atoms.